The number of hydrogen-bond acceptors (Lipinski definition) is 4. The molecule has 1 spiro atoms. The molecule has 2 fully saturated rings. The SMILES string of the molecule is CC(C)(C)OC(=O)N1CC(C(=O)O)C2(CNC2)C1. The third-order valence-electron chi connectivity index (χ3n) is 3.55. The fourth-order valence-electron chi connectivity index (χ4n) is 2.58. The molecule has 2 rings (SSSR count). The maximum Gasteiger partial charge on any atom is 0.410 e. The highest BCUT2D eigenvalue weighted by atomic mass is 16.6. The van der Waals surface area contributed by atoms with Gasteiger partial charge < -0.3 is 20.1 Å². The van der Waals surface area contributed by atoms with Crippen LogP contribution in [0.5, 0.6) is 0 Å². The molecule has 0 saturated carbocycles. The van der Waals surface area contributed by atoms with Gasteiger partial charge in [0, 0.05) is 31.6 Å². The molecule has 6 heteroatoms. The van der Waals surface area contributed by atoms with Gasteiger partial charge in [0.1, 0.15) is 5.60 Å². The average Bonchev–Trinajstić information content (AvgIpc) is 2.53. The molecule has 0 bridgehead atoms. The zero-order chi connectivity index (χ0) is 13.6. The molecule has 102 valence electrons. The monoisotopic (exact) mass is 256 g/mol. The summed E-state index contributed by atoms with van der Waals surface area (Å²) in [6.45, 7) is 7.42. The summed E-state index contributed by atoms with van der Waals surface area (Å²) in [5.74, 6) is -1.33. The molecular weight excluding hydrogens is 236 g/mol. The molecule has 2 heterocycles. The Labute approximate surface area is 106 Å². The zero-order valence-corrected chi connectivity index (χ0v) is 11.0. The fourth-order valence-corrected chi connectivity index (χ4v) is 2.58. The van der Waals surface area contributed by atoms with Gasteiger partial charge in [0.15, 0.2) is 0 Å². The van der Waals surface area contributed by atoms with E-state index in [-0.39, 0.29) is 12.0 Å². The van der Waals surface area contributed by atoms with Crippen molar-refractivity contribution in [3.8, 4) is 0 Å². The van der Waals surface area contributed by atoms with Gasteiger partial charge in [-0.2, -0.15) is 0 Å². The lowest BCUT2D eigenvalue weighted by atomic mass is 9.73. The van der Waals surface area contributed by atoms with E-state index >= 15 is 0 Å². The highest BCUT2D eigenvalue weighted by molar-refractivity contribution is 5.76. The van der Waals surface area contributed by atoms with Crippen molar-refractivity contribution in [1.82, 2.24) is 10.2 Å². The summed E-state index contributed by atoms with van der Waals surface area (Å²) in [6, 6.07) is 0. The summed E-state index contributed by atoms with van der Waals surface area (Å²) in [5.41, 5.74) is -0.855. The molecule has 2 aliphatic heterocycles. The quantitative estimate of drug-likeness (QED) is 0.715. The van der Waals surface area contributed by atoms with Crippen LogP contribution in [0.25, 0.3) is 0 Å². The van der Waals surface area contributed by atoms with E-state index in [1.807, 2.05) is 0 Å². The first kappa shape index (κ1) is 13.1. The highest BCUT2D eigenvalue weighted by Gasteiger charge is 2.55. The lowest BCUT2D eigenvalue weighted by Gasteiger charge is -2.41. The second-order valence-electron chi connectivity index (χ2n) is 6.22. The van der Waals surface area contributed by atoms with Gasteiger partial charge in [-0.15, -0.1) is 0 Å². The van der Waals surface area contributed by atoms with Crippen molar-refractivity contribution < 1.29 is 19.4 Å². The largest absolute Gasteiger partial charge is 0.481 e. The van der Waals surface area contributed by atoms with Crippen molar-refractivity contribution in [2.45, 2.75) is 26.4 Å². The first-order valence-electron chi connectivity index (χ1n) is 6.15. The van der Waals surface area contributed by atoms with Crippen molar-refractivity contribution in [3.05, 3.63) is 0 Å². The van der Waals surface area contributed by atoms with Gasteiger partial charge in [-0.1, -0.05) is 0 Å². The minimum atomic E-state index is -0.831. The Balaban J connectivity index is 2.05. The van der Waals surface area contributed by atoms with E-state index in [9.17, 15) is 14.7 Å². The minimum Gasteiger partial charge on any atom is -0.481 e. The number of ether oxygens (including phenoxy) is 1. The smallest absolute Gasteiger partial charge is 0.410 e. The predicted octanol–water partition coefficient (Wildman–Crippen LogP) is 0.528. The summed E-state index contributed by atoms with van der Waals surface area (Å²) in [7, 11) is 0. The van der Waals surface area contributed by atoms with Gasteiger partial charge in [0.2, 0.25) is 0 Å². The molecule has 2 aliphatic rings. The maximum absolute atomic E-state index is 11.9. The molecule has 1 amide bonds. The van der Waals surface area contributed by atoms with Crippen LogP contribution in [0.4, 0.5) is 4.79 Å². The maximum atomic E-state index is 11.9. The first-order chi connectivity index (χ1) is 8.23. The molecule has 0 aromatic rings. The Kier molecular flexibility index (Phi) is 3.01. The van der Waals surface area contributed by atoms with E-state index in [0.717, 1.165) is 0 Å². The van der Waals surface area contributed by atoms with Gasteiger partial charge in [0.05, 0.1) is 5.92 Å². The van der Waals surface area contributed by atoms with Crippen LogP contribution in [0.15, 0.2) is 0 Å². The minimum absolute atomic E-state index is 0.242. The molecule has 0 aliphatic carbocycles. The number of rotatable bonds is 1. The summed E-state index contributed by atoms with van der Waals surface area (Å²) in [4.78, 5) is 24.7. The number of likely N-dealkylation sites (tertiary alicyclic amines) is 1. The van der Waals surface area contributed by atoms with Crippen LogP contribution in [0.2, 0.25) is 0 Å². The molecule has 0 radical (unpaired) electrons. The van der Waals surface area contributed by atoms with Crippen LogP contribution in [0.1, 0.15) is 20.8 Å². The summed E-state index contributed by atoms with van der Waals surface area (Å²) >= 11 is 0. The number of aliphatic carboxylic acids is 1. The van der Waals surface area contributed by atoms with Gasteiger partial charge in [-0.25, -0.2) is 4.79 Å². The molecular formula is C12H20N2O4. The Morgan fingerprint density at radius 3 is 2.33 bits per heavy atom. The topological polar surface area (TPSA) is 78.9 Å². The van der Waals surface area contributed by atoms with Crippen molar-refractivity contribution in [1.29, 1.82) is 0 Å². The number of amides is 1. The number of carbonyl (C=O) groups excluding carboxylic acids is 1. The van der Waals surface area contributed by atoms with E-state index in [1.165, 1.54) is 4.90 Å². The standard InChI is InChI=1S/C12H20N2O4/c1-11(2,3)18-10(17)14-4-8(9(15)16)12(7-14)5-13-6-12/h8,13H,4-7H2,1-3H3,(H,15,16). The number of nitrogens with one attached hydrogen (secondary N) is 1. The van der Waals surface area contributed by atoms with Crippen molar-refractivity contribution >= 4 is 12.1 Å². The lowest BCUT2D eigenvalue weighted by molar-refractivity contribution is -0.145. The fraction of sp³-hybridized carbons (Fsp3) is 0.833. The Morgan fingerprint density at radius 2 is 2.00 bits per heavy atom. The highest BCUT2D eigenvalue weighted by Crippen LogP contribution is 2.40. The van der Waals surface area contributed by atoms with Crippen LogP contribution in [0, 0.1) is 11.3 Å². The van der Waals surface area contributed by atoms with Crippen LogP contribution in [-0.4, -0.2) is 53.8 Å². The Morgan fingerprint density at radius 1 is 1.39 bits per heavy atom. The molecule has 2 saturated heterocycles. The first-order valence-corrected chi connectivity index (χ1v) is 6.15. The molecule has 18 heavy (non-hydrogen) atoms. The third kappa shape index (κ3) is 2.29. The van der Waals surface area contributed by atoms with E-state index in [2.05, 4.69) is 5.32 Å². The number of carboxylic acid groups (broad SMARTS) is 1. The number of carbonyl (C=O) groups is 2. The van der Waals surface area contributed by atoms with Crippen molar-refractivity contribution in [2.75, 3.05) is 26.2 Å². The van der Waals surface area contributed by atoms with Crippen LogP contribution in [-0.2, 0) is 9.53 Å². The summed E-state index contributed by atoms with van der Waals surface area (Å²) < 4.78 is 5.29. The number of hydrogen-bond donors (Lipinski definition) is 2. The van der Waals surface area contributed by atoms with Crippen LogP contribution in [0.3, 0.4) is 0 Å². The van der Waals surface area contributed by atoms with Crippen molar-refractivity contribution in [2.24, 2.45) is 11.3 Å². The summed E-state index contributed by atoms with van der Waals surface area (Å²) in [6.07, 6.45) is -0.419. The second kappa shape index (κ2) is 4.12. The normalized spacial score (nSPS) is 25.9. The van der Waals surface area contributed by atoms with Gasteiger partial charge in [0.25, 0.3) is 0 Å². The molecule has 2 N–H and O–H groups in total. The van der Waals surface area contributed by atoms with Gasteiger partial charge >= 0.3 is 12.1 Å². The lowest BCUT2D eigenvalue weighted by Crippen LogP contribution is -2.59. The van der Waals surface area contributed by atoms with Crippen LogP contribution < -0.4 is 5.32 Å². The van der Waals surface area contributed by atoms with E-state index in [1.54, 1.807) is 20.8 Å². The molecule has 6 nitrogen and oxygen atoms in total. The average molecular weight is 256 g/mol. The molecule has 0 aromatic heterocycles. The number of nitrogens with zero attached hydrogens (tertiary/aromatic N) is 1. The van der Waals surface area contributed by atoms with Crippen LogP contribution >= 0.6 is 0 Å². The van der Waals surface area contributed by atoms with E-state index < -0.39 is 23.6 Å². The molecule has 0 aromatic carbocycles. The molecule has 1 atom stereocenters. The second-order valence-corrected chi connectivity index (χ2v) is 6.22. The van der Waals surface area contributed by atoms with E-state index in [4.69, 9.17) is 4.74 Å². The van der Waals surface area contributed by atoms with Gasteiger partial charge in [-0.05, 0) is 20.8 Å². The zero-order valence-electron chi connectivity index (χ0n) is 11.0. The Hall–Kier alpha value is -1.30. The van der Waals surface area contributed by atoms with Crippen molar-refractivity contribution in [3.63, 3.8) is 0 Å². The summed E-state index contributed by atoms with van der Waals surface area (Å²) in [5, 5.41) is 12.3. The van der Waals surface area contributed by atoms with Gasteiger partial charge in [-0.3, -0.25) is 4.79 Å². The third-order valence-corrected chi connectivity index (χ3v) is 3.55. The predicted molar refractivity (Wildman–Crippen MR) is 64.2 cm³/mol. The molecule has 1 unspecified atom stereocenters. The van der Waals surface area contributed by atoms with E-state index in [0.29, 0.717) is 19.6 Å². The Bertz CT molecular complexity index is 371. The number of carboxylic acids is 1.